The lowest BCUT2D eigenvalue weighted by Gasteiger charge is -2.08. The molecule has 1 aromatic carbocycles. The summed E-state index contributed by atoms with van der Waals surface area (Å²) in [5.41, 5.74) is 0.960. The lowest BCUT2D eigenvalue weighted by Crippen LogP contribution is -1.91. The van der Waals surface area contributed by atoms with Gasteiger partial charge in [0.25, 0.3) is 0 Å². The van der Waals surface area contributed by atoms with Crippen LogP contribution in [-0.2, 0) is 0 Å². The monoisotopic (exact) mass is 222 g/mol. The van der Waals surface area contributed by atoms with E-state index in [1.165, 1.54) is 0 Å². The summed E-state index contributed by atoms with van der Waals surface area (Å²) < 4.78 is 0. The molecule has 1 unspecified atom stereocenters. The Morgan fingerprint density at radius 2 is 1.92 bits per heavy atom. The Hall–Kier alpha value is 0.0900. The van der Waals surface area contributed by atoms with Crippen molar-refractivity contribution in [1.29, 1.82) is 0 Å². The molecule has 0 aromatic heterocycles. The largest absolute Gasteiger partial charge is 0.127 e. The van der Waals surface area contributed by atoms with Gasteiger partial charge in [-0.2, -0.15) is 0 Å². The van der Waals surface area contributed by atoms with Crippen molar-refractivity contribution in [2.24, 2.45) is 0 Å². The maximum Gasteiger partial charge on any atom is 0.0611 e. The number of alkyl halides is 2. The van der Waals surface area contributed by atoms with Crippen molar-refractivity contribution in [2.45, 2.75) is 11.8 Å². The van der Waals surface area contributed by atoms with Gasteiger partial charge >= 0.3 is 0 Å². The minimum Gasteiger partial charge on any atom is -0.127 e. The Labute approximate surface area is 87.4 Å². The first kappa shape index (κ1) is 10.2. The van der Waals surface area contributed by atoms with Crippen molar-refractivity contribution in [3.63, 3.8) is 0 Å². The first-order valence-corrected chi connectivity index (χ1v) is 5.05. The lowest BCUT2D eigenvalue weighted by molar-refractivity contribution is 0.891. The standard InChI is InChI=1S/C9H9Cl3/c10-6-5-9(12)7-3-1-2-4-8(7)11/h1-4,9H,5-6H2. The molecule has 66 valence electrons. The fraction of sp³-hybridized carbons (Fsp3) is 0.333. The van der Waals surface area contributed by atoms with Crippen LogP contribution >= 0.6 is 34.8 Å². The molecule has 0 heterocycles. The number of hydrogen-bond acceptors (Lipinski definition) is 0. The molecule has 0 fully saturated rings. The highest BCUT2D eigenvalue weighted by Gasteiger charge is 2.09. The van der Waals surface area contributed by atoms with Crippen molar-refractivity contribution in [2.75, 3.05) is 5.88 Å². The summed E-state index contributed by atoms with van der Waals surface area (Å²) in [7, 11) is 0. The SMILES string of the molecule is ClCCC(Cl)c1ccccc1Cl. The van der Waals surface area contributed by atoms with Crippen LogP contribution in [0.1, 0.15) is 17.4 Å². The highest BCUT2D eigenvalue weighted by Crippen LogP contribution is 2.30. The summed E-state index contributed by atoms with van der Waals surface area (Å²) in [5, 5.41) is 0.638. The zero-order valence-corrected chi connectivity index (χ0v) is 8.70. The van der Waals surface area contributed by atoms with Crippen molar-refractivity contribution in [3.8, 4) is 0 Å². The number of hydrogen-bond donors (Lipinski definition) is 0. The predicted molar refractivity (Wildman–Crippen MR) is 55.4 cm³/mol. The Bertz CT molecular complexity index is 247. The second-order valence-corrected chi connectivity index (χ2v) is 3.78. The molecule has 0 aliphatic rings. The summed E-state index contributed by atoms with van der Waals surface area (Å²) >= 11 is 17.5. The Morgan fingerprint density at radius 1 is 1.25 bits per heavy atom. The van der Waals surface area contributed by atoms with Crippen LogP contribution in [0.2, 0.25) is 5.02 Å². The van der Waals surface area contributed by atoms with E-state index in [1.807, 2.05) is 24.3 Å². The molecule has 1 aromatic rings. The Kier molecular flexibility index (Phi) is 4.20. The molecular formula is C9H9Cl3. The first-order chi connectivity index (χ1) is 5.75. The zero-order chi connectivity index (χ0) is 8.97. The molecule has 0 N–H and O–H groups in total. The van der Waals surface area contributed by atoms with Gasteiger partial charge in [-0.05, 0) is 18.1 Å². The maximum atomic E-state index is 6.04. The van der Waals surface area contributed by atoms with E-state index in [0.29, 0.717) is 10.9 Å². The highest BCUT2D eigenvalue weighted by molar-refractivity contribution is 6.32. The Balaban J connectivity index is 2.79. The van der Waals surface area contributed by atoms with Gasteiger partial charge in [0.2, 0.25) is 0 Å². The molecule has 0 radical (unpaired) electrons. The van der Waals surface area contributed by atoms with E-state index in [9.17, 15) is 0 Å². The summed E-state index contributed by atoms with van der Waals surface area (Å²) in [4.78, 5) is 0. The third-order valence-electron chi connectivity index (χ3n) is 1.61. The summed E-state index contributed by atoms with van der Waals surface area (Å²) in [6.07, 6.45) is 0.743. The van der Waals surface area contributed by atoms with Gasteiger partial charge < -0.3 is 0 Å². The van der Waals surface area contributed by atoms with Crippen LogP contribution in [0.4, 0.5) is 0 Å². The van der Waals surface area contributed by atoms with Gasteiger partial charge in [0.1, 0.15) is 0 Å². The van der Waals surface area contributed by atoms with Crippen molar-refractivity contribution in [1.82, 2.24) is 0 Å². The van der Waals surface area contributed by atoms with Gasteiger partial charge in [-0.25, -0.2) is 0 Å². The van der Waals surface area contributed by atoms with Gasteiger partial charge in [-0.1, -0.05) is 29.8 Å². The summed E-state index contributed by atoms with van der Waals surface area (Å²) in [6.45, 7) is 0. The average Bonchev–Trinajstić information content (AvgIpc) is 2.05. The van der Waals surface area contributed by atoms with E-state index in [0.717, 1.165) is 12.0 Å². The average molecular weight is 224 g/mol. The van der Waals surface area contributed by atoms with Gasteiger partial charge in [-0.15, -0.1) is 23.2 Å². The summed E-state index contributed by atoms with van der Waals surface area (Å²) in [5.74, 6) is 0.555. The lowest BCUT2D eigenvalue weighted by atomic mass is 10.1. The van der Waals surface area contributed by atoms with Crippen LogP contribution in [0.3, 0.4) is 0 Å². The van der Waals surface area contributed by atoms with Gasteiger partial charge in [0.15, 0.2) is 0 Å². The third kappa shape index (κ3) is 2.55. The minimum atomic E-state index is -0.0730. The van der Waals surface area contributed by atoms with Crippen LogP contribution in [0.5, 0.6) is 0 Å². The molecule has 0 amide bonds. The van der Waals surface area contributed by atoms with Crippen LogP contribution in [0, 0.1) is 0 Å². The van der Waals surface area contributed by atoms with E-state index >= 15 is 0 Å². The molecule has 0 bridgehead atoms. The second kappa shape index (κ2) is 4.96. The minimum absolute atomic E-state index is 0.0730. The molecule has 0 saturated heterocycles. The second-order valence-electron chi connectivity index (χ2n) is 2.47. The van der Waals surface area contributed by atoms with Crippen molar-refractivity contribution in [3.05, 3.63) is 34.9 Å². The smallest absolute Gasteiger partial charge is 0.0611 e. The molecule has 1 atom stereocenters. The van der Waals surface area contributed by atoms with Gasteiger partial charge in [-0.3, -0.25) is 0 Å². The van der Waals surface area contributed by atoms with Crippen molar-refractivity contribution < 1.29 is 0 Å². The van der Waals surface area contributed by atoms with E-state index in [2.05, 4.69) is 0 Å². The van der Waals surface area contributed by atoms with Crippen LogP contribution in [0.25, 0.3) is 0 Å². The maximum absolute atomic E-state index is 6.04. The normalized spacial score (nSPS) is 12.9. The van der Waals surface area contributed by atoms with E-state index in [-0.39, 0.29) is 5.38 Å². The first-order valence-electron chi connectivity index (χ1n) is 3.70. The van der Waals surface area contributed by atoms with Gasteiger partial charge in [0.05, 0.1) is 5.38 Å². The van der Waals surface area contributed by atoms with Crippen molar-refractivity contribution >= 4 is 34.8 Å². The third-order valence-corrected chi connectivity index (χ3v) is 2.62. The zero-order valence-electron chi connectivity index (χ0n) is 6.43. The molecular weight excluding hydrogens is 214 g/mol. The molecule has 0 spiro atoms. The Morgan fingerprint density at radius 3 is 2.50 bits per heavy atom. The molecule has 0 nitrogen and oxygen atoms in total. The fourth-order valence-electron chi connectivity index (χ4n) is 0.980. The highest BCUT2D eigenvalue weighted by atomic mass is 35.5. The number of halogens is 3. The fourth-order valence-corrected chi connectivity index (χ4v) is 1.93. The van der Waals surface area contributed by atoms with Crippen LogP contribution < -0.4 is 0 Å². The summed E-state index contributed by atoms with van der Waals surface area (Å²) in [6, 6.07) is 7.56. The molecule has 0 aliphatic heterocycles. The van der Waals surface area contributed by atoms with Crippen LogP contribution in [0.15, 0.2) is 24.3 Å². The van der Waals surface area contributed by atoms with Crippen LogP contribution in [-0.4, -0.2) is 5.88 Å². The molecule has 0 saturated carbocycles. The molecule has 3 heteroatoms. The molecule has 1 rings (SSSR count). The molecule has 12 heavy (non-hydrogen) atoms. The van der Waals surface area contributed by atoms with Gasteiger partial charge in [0, 0.05) is 10.9 Å². The number of rotatable bonds is 3. The quantitative estimate of drug-likeness (QED) is 0.672. The molecule has 0 aliphatic carbocycles. The van der Waals surface area contributed by atoms with E-state index in [1.54, 1.807) is 0 Å². The van der Waals surface area contributed by atoms with E-state index in [4.69, 9.17) is 34.8 Å². The predicted octanol–water partition coefficient (Wildman–Crippen LogP) is 4.25. The number of benzene rings is 1. The van der Waals surface area contributed by atoms with E-state index < -0.39 is 0 Å². The topological polar surface area (TPSA) is 0 Å².